The number of rotatable bonds is 4. The Morgan fingerprint density at radius 3 is 3.12 bits per heavy atom. The van der Waals surface area contributed by atoms with Crippen molar-refractivity contribution >= 4 is 0 Å². The van der Waals surface area contributed by atoms with Gasteiger partial charge in [-0.15, -0.1) is 0 Å². The van der Waals surface area contributed by atoms with Gasteiger partial charge in [0.25, 0.3) is 0 Å². The van der Waals surface area contributed by atoms with Crippen LogP contribution in [-0.2, 0) is 11.3 Å². The maximum atomic E-state index is 5.97. The van der Waals surface area contributed by atoms with Gasteiger partial charge < -0.3 is 14.8 Å². The van der Waals surface area contributed by atoms with Crippen molar-refractivity contribution in [2.45, 2.75) is 32.4 Å². The Morgan fingerprint density at radius 1 is 1.53 bits per heavy atom. The number of nitrogens with one attached hydrogen (secondary N) is 1. The van der Waals surface area contributed by atoms with Crippen LogP contribution >= 0.6 is 0 Å². The third-order valence-corrected chi connectivity index (χ3v) is 2.83. The molecule has 2 heterocycles. The number of aryl methyl sites for hydroxylation is 1. The summed E-state index contributed by atoms with van der Waals surface area (Å²) in [6, 6.07) is 3.99. The van der Waals surface area contributed by atoms with Gasteiger partial charge in [0.1, 0.15) is 11.9 Å². The van der Waals surface area contributed by atoms with Crippen LogP contribution in [0.4, 0.5) is 0 Å². The van der Waals surface area contributed by atoms with Crippen molar-refractivity contribution in [3.05, 3.63) is 23.5 Å². The van der Waals surface area contributed by atoms with Crippen molar-refractivity contribution in [2.24, 2.45) is 0 Å². The Bertz CT molecular complexity index is 362. The summed E-state index contributed by atoms with van der Waals surface area (Å²) in [5.74, 6) is 0.875. The first kappa shape index (κ1) is 12.3. The largest absolute Gasteiger partial charge is 0.486 e. The zero-order chi connectivity index (χ0) is 12.1. The molecule has 1 aromatic heterocycles. The average Bonchev–Trinajstić information content (AvgIpc) is 2.34. The minimum atomic E-state index is 0.170. The summed E-state index contributed by atoms with van der Waals surface area (Å²) in [5.41, 5.74) is 1.99. The zero-order valence-electron chi connectivity index (χ0n) is 10.5. The van der Waals surface area contributed by atoms with E-state index in [0.717, 1.165) is 43.1 Å². The minimum absolute atomic E-state index is 0.170. The number of hydrogen-bond acceptors (Lipinski definition) is 4. The van der Waals surface area contributed by atoms with Gasteiger partial charge in [-0.2, -0.15) is 0 Å². The molecular weight excluding hydrogens is 216 g/mol. The molecule has 94 valence electrons. The average molecular weight is 236 g/mol. The van der Waals surface area contributed by atoms with Crippen LogP contribution in [0.5, 0.6) is 5.75 Å². The van der Waals surface area contributed by atoms with E-state index in [2.05, 4.69) is 10.3 Å². The van der Waals surface area contributed by atoms with Crippen molar-refractivity contribution in [3.8, 4) is 5.75 Å². The summed E-state index contributed by atoms with van der Waals surface area (Å²) < 4.78 is 11.4. The molecule has 0 aromatic carbocycles. The van der Waals surface area contributed by atoms with Crippen LogP contribution in [0.3, 0.4) is 0 Å². The highest BCUT2D eigenvalue weighted by molar-refractivity contribution is 5.29. The molecule has 0 spiro atoms. The fourth-order valence-corrected chi connectivity index (χ4v) is 1.98. The SMILES string of the molecule is CNCc1nc(C)ccc1OC1CCCOC1. The smallest absolute Gasteiger partial charge is 0.142 e. The quantitative estimate of drug-likeness (QED) is 0.863. The molecule has 0 saturated carbocycles. The maximum absolute atomic E-state index is 5.97. The number of aromatic nitrogens is 1. The second kappa shape index (κ2) is 5.98. The van der Waals surface area contributed by atoms with E-state index in [1.54, 1.807) is 0 Å². The van der Waals surface area contributed by atoms with E-state index >= 15 is 0 Å². The van der Waals surface area contributed by atoms with Gasteiger partial charge >= 0.3 is 0 Å². The Labute approximate surface area is 102 Å². The predicted octanol–water partition coefficient (Wildman–Crippen LogP) is 1.67. The highest BCUT2D eigenvalue weighted by Gasteiger charge is 2.17. The summed E-state index contributed by atoms with van der Waals surface area (Å²) in [4.78, 5) is 4.50. The minimum Gasteiger partial charge on any atom is -0.486 e. The van der Waals surface area contributed by atoms with E-state index in [4.69, 9.17) is 9.47 Å². The summed E-state index contributed by atoms with van der Waals surface area (Å²) >= 11 is 0. The summed E-state index contributed by atoms with van der Waals surface area (Å²) in [7, 11) is 1.91. The van der Waals surface area contributed by atoms with E-state index in [-0.39, 0.29) is 6.10 Å². The molecule has 4 nitrogen and oxygen atoms in total. The number of hydrogen-bond donors (Lipinski definition) is 1. The van der Waals surface area contributed by atoms with Gasteiger partial charge in [-0.05, 0) is 38.9 Å². The molecule has 1 saturated heterocycles. The Balaban J connectivity index is 2.07. The van der Waals surface area contributed by atoms with Crippen LogP contribution in [0.25, 0.3) is 0 Å². The molecule has 1 aromatic rings. The van der Waals surface area contributed by atoms with Gasteiger partial charge in [-0.25, -0.2) is 0 Å². The molecule has 17 heavy (non-hydrogen) atoms. The van der Waals surface area contributed by atoms with Crippen molar-refractivity contribution in [1.82, 2.24) is 10.3 Å². The van der Waals surface area contributed by atoms with E-state index < -0.39 is 0 Å². The third kappa shape index (κ3) is 3.41. The lowest BCUT2D eigenvalue weighted by Crippen LogP contribution is -2.28. The third-order valence-electron chi connectivity index (χ3n) is 2.83. The van der Waals surface area contributed by atoms with Crippen LogP contribution < -0.4 is 10.1 Å². The number of pyridine rings is 1. The monoisotopic (exact) mass is 236 g/mol. The van der Waals surface area contributed by atoms with E-state index in [1.165, 1.54) is 0 Å². The van der Waals surface area contributed by atoms with Gasteiger partial charge in [0.15, 0.2) is 0 Å². The van der Waals surface area contributed by atoms with Crippen LogP contribution in [-0.4, -0.2) is 31.3 Å². The summed E-state index contributed by atoms with van der Waals surface area (Å²) in [6.07, 6.45) is 2.31. The lowest BCUT2D eigenvalue weighted by atomic mass is 10.2. The topological polar surface area (TPSA) is 43.4 Å². The molecule has 1 aliphatic heterocycles. The summed E-state index contributed by atoms with van der Waals surface area (Å²) in [6.45, 7) is 4.26. The van der Waals surface area contributed by atoms with Crippen LogP contribution in [0.2, 0.25) is 0 Å². The van der Waals surface area contributed by atoms with Gasteiger partial charge in [-0.1, -0.05) is 0 Å². The highest BCUT2D eigenvalue weighted by Crippen LogP contribution is 2.21. The van der Waals surface area contributed by atoms with Crippen molar-refractivity contribution in [3.63, 3.8) is 0 Å². The predicted molar refractivity (Wildman–Crippen MR) is 66.2 cm³/mol. The molecule has 0 aliphatic carbocycles. The molecule has 0 amide bonds. The molecule has 1 aliphatic rings. The van der Waals surface area contributed by atoms with Crippen LogP contribution in [0, 0.1) is 6.92 Å². The van der Waals surface area contributed by atoms with Crippen molar-refractivity contribution < 1.29 is 9.47 Å². The Morgan fingerprint density at radius 2 is 2.41 bits per heavy atom. The molecule has 1 fully saturated rings. The molecule has 1 unspecified atom stereocenters. The molecule has 1 N–H and O–H groups in total. The number of ether oxygens (including phenoxy) is 2. The molecule has 2 rings (SSSR count). The maximum Gasteiger partial charge on any atom is 0.142 e. The van der Waals surface area contributed by atoms with Crippen molar-refractivity contribution in [2.75, 3.05) is 20.3 Å². The second-order valence-electron chi connectivity index (χ2n) is 4.38. The fourth-order valence-electron chi connectivity index (χ4n) is 1.98. The van der Waals surface area contributed by atoms with E-state index in [9.17, 15) is 0 Å². The molecule has 0 bridgehead atoms. The molecule has 0 radical (unpaired) electrons. The Kier molecular flexibility index (Phi) is 4.34. The van der Waals surface area contributed by atoms with Gasteiger partial charge in [-0.3, -0.25) is 4.98 Å². The lowest BCUT2D eigenvalue weighted by molar-refractivity contribution is 0.00681. The highest BCUT2D eigenvalue weighted by atomic mass is 16.5. The zero-order valence-corrected chi connectivity index (χ0v) is 10.5. The first-order valence-electron chi connectivity index (χ1n) is 6.15. The van der Waals surface area contributed by atoms with E-state index in [0.29, 0.717) is 6.61 Å². The molecular formula is C13H20N2O2. The van der Waals surface area contributed by atoms with Crippen molar-refractivity contribution in [1.29, 1.82) is 0 Å². The second-order valence-corrected chi connectivity index (χ2v) is 4.38. The first-order valence-corrected chi connectivity index (χ1v) is 6.15. The van der Waals surface area contributed by atoms with Gasteiger partial charge in [0.05, 0.1) is 12.3 Å². The van der Waals surface area contributed by atoms with Crippen LogP contribution in [0.15, 0.2) is 12.1 Å². The van der Waals surface area contributed by atoms with Gasteiger partial charge in [0, 0.05) is 18.8 Å². The number of nitrogens with zero attached hydrogens (tertiary/aromatic N) is 1. The lowest BCUT2D eigenvalue weighted by Gasteiger charge is -2.24. The Hall–Kier alpha value is -1.13. The normalized spacial score (nSPS) is 20.2. The first-order chi connectivity index (χ1) is 8.29. The fraction of sp³-hybridized carbons (Fsp3) is 0.615. The van der Waals surface area contributed by atoms with Crippen LogP contribution in [0.1, 0.15) is 24.2 Å². The van der Waals surface area contributed by atoms with E-state index in [1.807, 2.05) is 26.1 Å². The summed E-state index contributed by atoms with van der Waals surface area (Å²) in [5, 5.41) is 3.12. The molecule has 1 atom stereocenters. The standard InChI is InChI=1S/C13H20N2O2/c1-10-5-6-13(12(15-10)8-14-2)17-11-4-3-7-16-9-11/h5-6,11,14H,3-4,7-9H2,1-2H3. The molecule has 4 heteroatoms. The van der Waals surface area contributed by atoms with Gasteiger partial charge in [0.2, 0.25) is 0 Å².